The second-order valence-electron chi connectivity index (χ2n) is 4.00. The third-order valence-corrected chi connectivity index (χ3v) is 3.62. The fourth-order valence-corrected chi connectivity index (χ4v) is 2.62. The molecule has 0 aliphatic heterocycles. The van der Waals surface area contributed by atoms with Crippen LogP contribution in [-0.2, 0) is 6.42 Å². The van der Waals surface area contributed by atoms with Crippen molar-refractivity contribution in [3.63, 3.8) is 0 Å². The maximum Gasteiger partial charge on any atom is 0.188 e. The van der Waals surface area contributed by atoms with Gasteiger partial charge < -0.3 is 11.1 Å². The van der Waals surface area contributed by atoms with Crippen molar-refractivity contribution >= 4 is 33.2 Å². The molecule has 1 aromatic heterocycles. The monoisotopic (exact) mass is 303 g/mol. The minimum atomic E-state index is 0.546. The van der Waals surface area contributed by atoms with Gasteiger partial charge in [-0.05, 0) is 40.4 Å². The molecule has 0 spiro atoms. The highest BCUT2D eigenvalue weighted by atomic mass is 79.9. The maximum atomic E-state index is 5.72. The lowest BCUT2D eigenvalue weighted by molar-refractivity contribution is 0.661. The molecule has 0 aliphatic rings. The van der Waals surface area contributed by atoms with Crippen molar-refractivity contribution in [1.29, 1.82) is 0 Å². The summed E-state index contributed by atoms with van der Waals surface area (Å²) in [5, 5.41) is 3.11. The van der Waals surface area contributed by atoms with Crippen LogP contribution in [0.4, 0.5) is 0 Å². The van der Waals surface area contributed by atoms with Gasteiger partial charge in [-0.15, -0.1) is 11.3 Å². The van der Waals surface area contributed by atoms with Gasteiger partial charge in [-0.3, -0.25) is 4.99 Å². The Kier molecular flexibility index (Phi) is 5.84. The first kappa shape index (κ1) is 13.5. The first-order chi connectivity index (χ1) is 7.58. The zero-order chi connectivity index (χ0) is 12.0. The molecular formula is C11H18BrN3S. The van der Waals surface area contributed by atoms with Crippen LogP contribution < -0.4 is 11.1 Å². The van der Waals surface area contributed by atoms with Gasteiger partial charge in [-0.25, -0.2) is 0 Å². The standard InChI is InChI=1S/C11H18BrN3S/c1-8(2)7-15-11(13)14-6-5-9-3-4-10(12)16-9/h3-4,8H,5-7H2,1-2H3,(H3,13,14,15). The van der Waals surface area contributed by atoms with E-state index >= 15 is 0 Å². The number of nitrogens with one attached hydrogen (secondary N) is 1. The van der Waals surface area contributed by atoms with Crippen molar-refractivity contribution in [2.45, 2.75) is 20.3 Å². The summed E-state index contributed by atoms with van der Waals surface area (Å²) in [6.45, 7) is 5.86. The van der Waals surface area contributed by atoms with Crippen LogP contribution in [0.25, 0.3) is 0 Å². The summed E-state index contributed by atoms with van der Waals surface area (Å²) in [6, 6.07) is 4.19. The Labute approximate surface area is 109 Å². The Morgan fingerprint density at radius 3 is 2.88 bits per heavy atom. The van der Waals surface area contributed by atoms with Gasteiger partial charge in [0.2, 0.25) is 0 Å². The van der Waals surface area contributed by atoms with Gasteiger partial charge in [0, 0.05) is 18.0 Å². The lowest BCUT2D eigenvalue weighted by Crippen LogP contribution is -2.33. The number of hydrogen-bond donors (Lipinski definition) is 2. The van der Waals surface area contributed by atoms with E-state index in [0.29, 0.717) is 11.9 Å². The van der Waals surface area contributed by atoms with Gasteiger partial charge in [0.1, 0.15) is 0 Å². The highest BCUT2D eigenvalue weighted by Crippen LogP contribution is 2.21. The minimum Gasteiger partial charge on any atom is -0.370 e. The molecule has 1 aromatic rings. The summed E-state index contributed by atoms with van der Waals surface area (Å²) in [4.78, 5) is 5.58. The van der Waals surface area contributed by atoms with Gasteiger partial charge >= 0.3 is 0 Å². The molecule has 90 valence electrons. The molecule has 0 bridgehead atoms. The molecule has 1 rings (SSSR count). The average Bonchev–Trinajstić information content (AvgIpc) is 2.61. The van der Waals surface area contributed by atoms with Crippen molar-refractivity contribution in [2.75, 3.05) is 13.1 Å². The summed E-state index contributed by atoms with van der Waals surface area (Å²) >= 11 is 5.20. The SMILES string of the molecule is CC(C)CN=C(N)NCCc1ccc(Br)s1. The van der Waals surface area contributed by atoms with Gasteiger partial charge in [0.05, 0.1) is 3.79 Å². The first-order valence-electron chi connectivity index (χ1n) is 5.36. The van der Waals surface area contributed by atoms with E-state index in [1.807, 2.05) is 0 Å². The fourth-order valence-electron chi connectivity index (χ4n) is 1.14. The number of thiophene rings is 1. The van der Waals surface area contributed by atoms with Crippen LogP contribution >= 0.6 is 27.3 Å². The minimum absolute atomic E-state index is 0.546. The normalized spacial score (nSPS) is 12.1. The molecule has 16 heavy (non-hydrogen) atoms. The van der Waals surface area contributed by atoms with Crippen LogP contribution in [0.5, 0.6) is 0 Å². The molecule has 0 saturated heterocycles. The number of guanidine groups is 1. The van der Waals surface area contributed by atoms with E-state index in [2.05, 4.69) is 52.2 Å². The van der Waals surface area contributed by atoms with Gasteiger partial charge in [0.25, 0.3) is 0 Å². The molecule has 5 heteroatoms. The molecule has 3 nitrogen and oxygen atoms in total. The van der Waals surface area contributed by atoms with Crippen molar-refractivity contribution in [1.82, 2.24) is 5.32 Å². The average molecular weight is 304 g/mol. The van der Waals surface area contributed by atoms with Crippen molar-refractivity contribution in [3.05, 3.63) is 20.8 Å². The van der Waals surface area contributed by atoms with E-state index in [0.717, 1.165) is 19.5 Å². The number of aliphatic imine (C=N–C) groups is 1. The molecule has 0 amide bonds. The molecule has 0 fully saturated rings. The van der Waals surface area contributed by atoms with Crippen LogP contribution in [-0.4, -0.2) is 19.0 Å². The Bertz CT molecular complexity index is 347. The smallest absolute Gasteiger partial charge is 0.188 e. The Balaban J connectivity index is 2.22. The third kappa shape index (κ3) is 5.51. The van der Waals surface area contributed by atoms with Crippen LogP contribution in [0.15, 0.2) is 20.9 Å². The van der Waals surface area contributed by atoms with Crippen LogP contribution in [0.1, 0.15) is 18.7 Å². The molecular weight excluding hydrogens is 286 g/mol. The van der Waals surface area contributed by atoms with Gasteiger partial charge in [-0.1, -0.05) is 13.8 Å². The largest absolute Gasteiger partial charge is 0.370 e. The molecule has 3 N–H and O–H groups in total. The highest BCUT2D eigenvalue weighted by molar-refractivity contribution is 9.11. The van der Waals surface area contributed by atoms with E-state index in [1.54, 1.807) is 11.3 Å². The second-order valence-corrected chi connectivity index (χ2v) is 6.55. The van der Waals surface area contributed by atoms with E-state index in [9.17, 15) is 0 Å². The molecule has 1 heterocycles. The highest BCUT2D eigenvalue weighted by Gasteiger charge is 1.98. The molecule has 0 saturated carbocycles. The van der Waals surface area contributed by atoms with Crippen LogP contribution in [0.3, 0.4) is 0 Å². The van der Waals surface area contributed by atoms with Crippen molar-refractivity contribution < 1.29 is 0 Å². The summed E-state index contributed by atoms with van der Waals surface area (Å²) in [5.74, 6) is 1.10. The van der Waals surface area contributed by atoms with E-state index < -0.39 is 0 Å². The first-order valence-corrected chi connectivity index (χ1v) is 6.97. The van der Waals surface area contributed by atoms with Gasteiger partial charge in [-0.2, -0.15) is 0 Å². The van der Waals surface area contributed by atoms with E-state index in [1.165, 1.54) is 8.66 Å². The van der Waals surface area contributed by atoms with Gasteiger partial charge in [0.15, 0.2) is 5.96 Å². The summed E-state index contributed by atoms with van der Waals surface area (Å²) < 4.78 is 1.17. The Hall–Kier alpha value is -0.550. The topological polar surface area (TPSA) is 50.4 Å². The van der Waals surface area contributed by atoms with E-state index in [4.69, 9.17) is 5.73 Å². The lowest BCUT2D eigenvalue weighted by atomic mass is 10.2. The Morgan fingerprint density at radius 1 is 1.56 bits per heavy atom. The Morgan fingerprint density at radius 2 is 2.31 bits per heavy atom. The molecule has 0 aliphatic carbocycles. The lowest BCUT2D eigenvalue weighted by Gasteiger charge is -2.05. The molecule has 0 atom stereocenters. The van der Waals surface area contributed by atoms with Crippen LogP contribution in [0.2, 0.25) is 0 Å². The molecule has 0 unspecified atom stereocenters. The maximum absolute atomic E-state index is 5.72. The third-order valence-electron chi connectivity index (χ3n) is 1.93. The molecule has 0 radical (unpaired) electrons. The summed E-state index contributed by atoms with van der Waals surface area (Å²) in [5.41, 5.74) is 5.72. The molecule has 0 aromatic carbocycles. The summed E-state index contributed by atoms with van der Waals surface area (Å²) in [7, 11) is 0. The predicted octanol–water partition coefficient (Wildman–Crippen LogP) is 2.61. The fraction of sp³-hybridized carbons (Fsp3) is 0.545. The number of nitrogens with zero attached hydrogens (tertiary/aromatic N) is 1. The van der Waals surface area contributed by atoms with Crippen molar-refractivity contribution in [2.24, 2.45) is 16.6 Å². The number of nitrogens with two attached hydrogens (primary N) is 1. The number of hydrogen-bond acceptors (Lipinski definition) is 2. The van der Waals surface area contributed by atoms with Crippen molar-refractivity contribution in [3.8, 4) is 0 Å². The number of halogens is 1. The van der Waals surface area contributed by atoms with Crippen LogP contribution in [0, 0.1) is 5.92 Å². The predicted molar refractivity (Wildman–Crippen MR) is 75.1 cm³/mol. The second kappa shape index (κ2) is 6.91. The van der Waals surface area contributed by atoms with E-state index in [-0.39, 0.29) is 0 Å². The quantitative estimate of drug-likeness (QED) is 0.649. The number of rotatable bonds is 5. The zero-order valence-electron chi connectivity index (χ0n) is 9.66. The zero-order valence-corrected chi connectivity index (χ0v) is 12.1. The summed E-state index contributed by atoms with van der Waals surface area (Å²) in [6.07, 6.45) is 0.980.